The fourth-order valence-corrected chi connectivity index (χ4v) is 1.92. The van der Waals surface area contributed by atoms with Gasteiger partial charge in [-0.25, -0.2) is 0 Å². The number of nitrogens with two attached hydrogens (primary N) is 1. The van der Waals surface area contributed by atoms with Crippen LogP contribution in [0.15, 0.2) is 24.3 Å². The van der Waals surface area contributed by atoms with Gasteiger partial charge in [-0.3, -0.25) is 0 Å². The summed E-state index contributed by atoms with van der Waals surface area (Å²) in [6.07, 6.45) is 2.54. The number of hydrogen-bond acceptors (Lipinski definition) is 1. The molecule has 0 saturated heterocycles. The van der Waals surface area contributed by atoms with Crippen LogP contribution in [-0.4, -0.2) is 6.54 Å². The minimum absolute atomic E-state index is 0.352. The summed E-state index contributed by atoms with van der Waals surface area (Å²) in [5.41, 5.74) is 7.51. The van der Waals surface area contributed by atoms with E-state index in [0.29, 0.717) is 5.41 Å². The summed E-state index contributed by atoms with van der Waals surface area (Å²) in [6, 6.07) is 8.74. The molecule has 12 heavy (non-hydrogen) atoms. The van der Waals surface area contributed by atoms with Gasteiger partial charge in [-0.15, -0.1) is 0 Å². The lowest BCUT2D eigenvalue weighted by Crippen LogP contribution is -2.19. The van der Waals surface area contributed by atoms with E-state index >= 15 is 0 Å². The van der Waals surface area contributed by atoms with E-state index in [1.54, 1.807) is 0 Å². The van der Waals surface area contributed by atoms with Crippen molar-refractivity contribution in [1.29, 1.82) is 0 Å². The van der Waals surface area contributed by atoms with Crippen LogP contribution < -0.4 is 5.73 Å². The largest absolute Gasteiger partial charge is 0.330 e. The van der Waals surface area contributed by atoms with Crippen LogP contribution >= 0.6 is 22.6 Å². The third-order valence-corrected chi connectivity index (χ3v) is 3.42. The summed E-state index contributed by atoms with van der Waals surface area (Å²) >= 11 is 2.33. The number of benzene rings is 1. The molecule has 0 radical (unpaired) electrons. The van der Waals surface area contributed by atoms with Crippen LogP contribution in [0.4, 0.5) is 0 Å². The van der Waals surface area contributed by atoms with E-state index in [1.165, 1.54) is 22.0 Å². The Hall–Kier alpha value is -0.0900. The van der Waals surface area contributed by atoms with E-state index in [2.05, 4.69) is 46.9 Å². The molecule has 64 valence electrons. The molecule has 0 atom stereocenters. The van der Waals surface area contributed by atoms with Gasteiger partial charge in [0, 0.05) is 15.5 Å². The van der Waals surface area contributed by atoms with Gasteiger partial charge in [-0.1, -0.05) is 12.1 Å². The van der Waals surface area contributed by atoms with Crippen LogP contribution in [-0.2, 0) is 5.41 Å². The third-order valence-electron chi connectivity index (χ3n) is 2.70. The standard InChI is InChI=1S/C10H12IN/c11-9-3-1-8(2-4-9)10(7-12)5-6-10/h1-4H,5-7,12H2. The van der Waals surface area contributed by atoms with Crippen molar-refractivity contribution in [3.8, 4) is 0 Å². The zero-order valence-electron chi connectivity index (χ0n) is 6.89. The minimum atomic E-state index is 0.352. The Kier molecular flexibility index (Phi) is 2.12. The molecule has 1 aromatic rings. The molecular formula is C10H12IN. The van der Waals surface area contributed by atoms with Crippen molar-refractivity contribution in [2.24, 2.45) is 5.73 Å². The SMILES string of the molecule is NCC1(c2ccc(I)cc2)CC1. The summed E-state index contributed by atoms with van der Waals surface area (Å²) in [5.74, 6) is 0. The van der Waals surface area contributed by atoms with Crippen LogP contribution in [0.3, 0.4) is 0 Å². The lowest BCUT2D eigenvalue weighted by molar-refractivity contribution is 0.704. The highest BCUT2D eigenvalue weighted by Gasteiger charge is 2.42. The zero-order chi connectivity index (χ0) is 8.60. The average molecular weight is 273 g/mol. The van der Waals surface area contributed by atoms with Gasteiger partial charge in [0.05, 0.1) is 0 Å². The molecule has 1 nitrogen and oxygen atoms in total. The Bertz CT molecular complexity index is 274. The smallest absolute Gasteiger partial charge is 0.0130 e. The Labute approximate surface area is 86.5 Å². The molecule has 0 spiro atoms. The maximum atomic E-state index is 5.74. The summed E-state index contributed by atoms with van der Waals surface area (Å²) in [6.45, 7) is 0.799. The molecular weight excluding hydrogens is 261 g/mol. The number of rotatable bonds is 2. The maximum absolute atomic E-state index is 5.74. The van der Waals surface area contributed by atoms with Crippen molar-refractivity contribution in [1.82, 2.24) is 0 Å². The lowest BCUT2D eigenvalue weighted by Gasteiger charge is -2.11. The predicted octanol–water partition coefficient (Wildman–Crippen LogP) is 2.28. The Morgan fingerprint density at radius 3 is 2.25 bits per heavy atom. The number of hydrogen-bond donors (Lipinski definition) is 1. The average Bonchev–Trinajstić information content (AvgIpc) is 2.86. The Morgan fingerprint density at radius 2 is 1.83 bits per heavy atom. The zero-order valence-corrected chi connectivity index (χ0v) is 9.04. The molecule has 1 fully saturated rings. The van der Waals surface area contributed by atoms with Gasteiger partial charge >= 0.3 is 0 Å². The summed E-state index contributed by atoms with van der Waals surface area (Å²) in [5, 5.41) is 0. The normalized spacial score (nSPS) is 19.2. The lowest BCUT2D eigenvalue weighted by atomic mass is 9.97. The van der Waals surface area contributed by atoms with Crippen molar-refractivity contribution >= 4 is 22.6 Å². The van der Waals surface area contributed by atoms with Crippen LogP contribution in [0.5, 0.6) is 0 Å². The quantitative estimate of drug-likeness (QED) is 0.822. The minimum Gasteiger partial charge on any atom is -0.330 e. The molecule has 2 heteroatoms. The van der Waals surface area contributed by atoms with E-state index < -0.39 is 0 Å². The first-order valence-electron chi connectivity index (χ1n) is 4.23. The summed E-state index contributed by atoms with van der Waals surface area (Å²) in [7, 11) is 0. The second-order valence-electron chi connectivity index (χ2n) is 3.49. The molecule has 0 unspecified atom stereocenters. The topological polar surface area (TPSA) is 26.0 Å². The highest BCUT2D eigenvalue weighted by atomic mass is 127. The van der Waals surface area contributed by atoms with Crippen molar-refractivity contribution < 1.29 is 0 Å². The Morgan fingerprint density at radius 1 is 1.25 bits per heavy atom. The first kappa shape index (κ1) is 8.51. The van der Waals surface area contributed by atoms with Gasteiger partial charge in [0.25, 0.3) is 0 Å². The van der Waals surface area contributed by atoms with Crippen molar-refractivity contribution in [3.63, 3.8) is 0 Å². The maximum Gasteiger partial charge on any atom is 0.0130 e. The molecule has 0 bridgehead atoms. The molecule has 0 amide bonds. The fraction of sp³-hybridized carbons (Fsp3) is 0.400. The van der Waals surface area contributed by atoms with Crippen LogP contribution in [0.2, 0.25) is 0 Å². The molecule has 0 heterocycles. The molecule has 2 N–H and O–H groups in total. The molecule has 1 saturated carbocycles. The molecule has 1 aromatic carbocycles. The van der Waals surface area contributed by atoms with Gasteiger partial charge in [0.15, 0.2) is 0 Å². The van der Waals surface area contributed by atoms with Gasteiger partial charge < -0.3 is 5.73 Å². The first-order chi connectivity index (χ1) is 5.77. The molecule has 1 aliphatic rings. The van der Waals surface area contributed by atoms with Crippen molar-refractivity contribution in [2.75, 3.05) is 6.54 Å². The van der Waals surface area contributed by atoms with E-state index in [1.807, 2.05) is 0 Å². The van der Waals surface area contributed by atoms with Crippen LogP contribution in [0, 0.1) is 3.57 Å². The van der Waals surface area contributed by atoms with E-state index in [4.69, 9.17) is 5.73 Å². The van der Waals surface area contributed by atoms with Gasteiger partial charge in [0.1, 0.15) is 0 Å². The van der Waals surface area contributed by atoms with Crippen LogP contribution in [0.1, 0.15) is 18.4 Å². The fourth-order valence-electron chi connectivity index (χ4n) is 1.56. The van der Waals surface area contributed by atoms with E-state index in [9.17, 15) is 0 Å². The third kappa shape index (κ3) is 1.38. The molecule has 1 aliphatic carbocycles. The van der Waals surface area contributed by atoms with Gasteiger partial charge in [-0.05, 0) is 53.1 Å². The van der Waals surface area contributed by atoms with E-state index in [-0.39, 0.29) is 0 Å². The molecule has 0 aliphatic heterocycles. The Balaban J connectivity index is 2.29. The van der Waals surface area contributed by atoms with Crippen LogP contribution in [0.25, 0.3) is 0 Å². The summed E-state index contributed by atoms with van der Waals surface area (Å²) < 4.78 is 1.30. The van der Waals surface area contributed by atoms with Gasteiger partial charge in [0.2, 0.25) is 0 Å². The highest BCUT2D eigenvalue weighted by molar-refractivity contribution is 14.1. The molecule has 2 rings (SSSR count). The number of halogens is 1. The first-order valence-corrected chi connectivity index (χ1v) is 5.31. The monoisotopic (exact) mass is 273 g/mol. The highest BCUT2D eigenvalue weighted by Crippen LogP contribution is 2.47. The van der Waals surface area contributed by atoms with Gasteiger partial charge in [-0.2, -0.15) is 0 Å². The summed E-state index contributed by atoms with van der Waals surface area (Å²) in [4.78, 5) is 0. The second kappa shape index (κ2) is 3.00. The van der Waals surface area contributed by atoms with E-state index in [0.717, 1.165) is 6.54 Å². The van der Waals surface area contributed by atoms with Crippen molar-refractivity contribution in [2.45, 2.75) is 18.3 Å². The molecule has 0 aromatic heterocycles. The van der Waals surface area contributed by atoms with Crippen molar-refractivity contribution in [3.05, 3.63) is 33.4 Å². The predicted molar refractivity (Wildman–Crippen MR) is 59.1 cm³/mol. The second-order valence-corrected chi connectivity index (χ2v) is 4.74.